The van der Waals surface area contributed by atoms with Crippen LogP contribution in [-0.4, -0.2) is 24.0 Å². The van der Waals surface area contributed by atoms with Crippen molar-refractivity contribution >= 4 is 6.08 Å². The molecule has 1 heteroatoms. The summed E-state index contributed by atoms with van der Waals surface area (Å²) in [6.45, 7) is 2.45. The summed E-state index contributed by atoms with van der Waals surface area (Å²) in [6.07, 6.45) is 9.63. The van der Waals surface area contributed by atoms with E-state index >= 15 is 0 Å². The van der Waals surface area contributed by atoms with Crippen molar-refractivity contribution in [1.29, 1.82) is 0 Å². The molecule has 0 spiro atoms. The van der Waals surface area contributed by atoms with Gasteiger partial charge in [0.1, 0.15) is 0 Å². The third-order valence-corrected chi connectivity index (χ3v) is 4.55. The van der Waals surface area contributed by atoms with Crippen LogP contribution in [0.2, 0.25) is 0 Å². The summed E-state index contributed by atoms with van der Waals surface area (Å²) >= 11 is 0. The zero-order chi connectivity index (χ0) is 15.0. The van der Waals surface area contributed by atoms with Gasteiger partial charge >= 0.3 is 0 Å². The molecule has 114 valence electrons. The molecule has 1 aliphatic rings. The van der Waals surface area contributed by atoms with Crippen LogP contribution in [0, 0.1) is 0 Å². The van der Waals surface area contributed by atoms with Crippen LogP contribution < -0.4 is 0 Å². The van der Waals surface area contributed by atoms with Crippen LogP contribution >= 0.6 is 0 Å². The minimum atomic E-state index is 0.726. The van der Waals surface area contributed by atoms with Gasteiger partial charge in [-0.1, -0.05) is 72.8 Å². The van der Waals surface area contributed by atoms with E-state index in [4.69, 9.17) is 0 Å². The van der Waals surface area contributed by atoms with Gasteiger partial charge in [-0.15, -0.1) is 0 Å². The Morgan fingerprint density at radius 1 is 0.955 bits per heavy atom. The van der Waals surface area contributed by atoms with Gasteiger partial charge in [-0.05, 0) is 43.4 Å². The first kappa shape index (κ1) is 15.1. The summed E-state index contributed by atoms with van der Waals surface area (Å²) < 4.78 is 0. The van der Waals surface area contributed by atoms with Crippen LogP contribution in [0.25, 0.3) is 6.08 Å². The lowest BCUT2D eigenvalue weighted by molar-refractivity contribution is 0.258. The molecule has 0 N–H and O–H groups in total. The first-order valence-corrected chi connectivity index (χ1v) is 8.41. The van der Waals surface area contributed by atoms with E-state index in [0.717, 1.165) is 6.04 Å². The van der Waals surface area contributed by atoms with E-state index in [1.165, 1.54) is 49.9 Å². The molecule has 0 bridgehead atoms. The molecule has 2 aromatic rings. The molecule has 22 heavy (non-hydrogen) atoms. The third kappa shape index (κ3) is 4.32. The number of hydrogen-bond donors (Lipinski definition) is 0. The lowest BCUT2D eigenvalue weighted by Gasteiger charge is -2.23. The van der Waals surface area contributed by atoms with E-state index in [0.29, 0.717) is 0 Å². The number of rotatable bonds is 6. The second-order valence-corrected chi connectivity index (χ2v) is 6.12. The summed E-state index contributed by atoms with van der Waals surface area (Å²) in [5.41, 5.74) is 2.75. The fourth-order valence-electron chi connectivity index (χ4n) is 3.30. The largest absolute Gasteiger partial charge is 0.300 e. The van der Waals surface area contributed by atoms with E-state index in [1.807, 2.05) is 0 Å². The van der Waals surface area contributed by atoms with Crippen LogP contribution in [-0.2, 0) is 6.42 Å². The van der Waals surface area contributed by atoms with Crippen LogP contribution in [0.1, 0.15) is 30.4 Å². The number of hydrogen-bond acceptors (Lipinski definition) is 1. The first-order valence-electron chi connectivity index (χ1n) is 8.41. The van der Waals surface area contributed by atoms with Crippen molar-refractivity contribution in [3.8, 4) is 0 Å². The zero-order valence-corrected chi connectivity index (χ0v) is 13.2. The molecule has 1 atom stereocenters. The van der Waals surface area contributed by atoms with Crippen molar-refractivity contribution < 1.29 is 0 Å². The summed E-state index contributed by atoms with van der Waals surface area (Å²) in [4.78, 5) is 2.67. The maximum atomic E-state index is 2.67. The molecule has 0 aliphatic carbocycles. The summed E-state index contributed by atoms with van der Waals surface area (Å²) in [6, 6.07) is 22.2. The molecule has 0 aromatic heterocycles. The van der Waals surface area contributed by atoms with Gasteiger partial charge in [0, 0.05) is 12.6 Å². The smallest absolute Gasteiger partial charge is 0.0130 e. The monoisotopic (exact) mass is 291 g/mol. The highest BCUT2D eigenvalue weighted by Crippen LogP contribution is 2.21. The van der Waals surface area contributed by atoms with Crippen molar-refractivity contribution in [3.63, 3.8) is 0 Å². The highest BCUT2D eigenvalue weighted by atomic mass is 15.2. The molecule has 3 rings (SSSR count). The summed E-state index contributed by atoms with van der Waals surface area (Å²) in [5, 5.41) is 0. The highest BCUT2D eigenvalue weighted by Gasteiger charge is 2.22. The second kappa shape index (κ2) is 7.95. The highest BCUT2D eigenvalue weighted by molar-refractivity contribution is 5.48. The summed E-state index contributed by atoms with van der Waals surface area (Å²) in [7, 11) is 0. The maximum Gasteiger partial charge on any atom is 0.0130 e. The van der Waals surface area contributed by atoms with Gasteiger partial charge in [0.15, 0.2) is 0 Å². The Kier molecular flexibility index (Phi) is 5.44. The van der Waals surface area contributed by atoms with Crippen LogP contribution in [0.4, 0.5) is 0 Å². The van der Waals surface area contributed by atoms with Crippen molar-refractivity contribution in [3.05, 3.63) is 77.9 Å². The fraction of sp³-hybridized carbons (Fsp3) is 0.333. The standard InChI is InChI=1S/C21H25N/c1-3-9-19(10-4-1)13-7-14-21-15-8-17-22(21)18-16-20-11-5-2-6-12-20/h1-7,9-13,21H,8,14-18H2. The van der Waals surface area contributed by atoms with Crippen LogP contribution in [0.15, 0.2) is 66.7 Å². The molecule has 2 aromatic carbocycles. The average molecular weight is 291 g/mol. The average Bonchev–Trinajstić information content (AvgIpc) is 3.02. The Bertz CT molecular complexity index is 573. The van der Waals surface area contributed by atoms with E-state index in [2.05, 4.69) is 77.7 Å². The normalized spacial score (nSPS) is 19.0. The molecule has 1 unspecified atom stereocenters. The fourth-order valence-corrected chi connectivity index (χ4v) is 3.30. The first-order chi connectivity index (χ1) is 10.9. The topological polar surface area (TPSA) is 3.24 Å². The van der Waals surface area contributed by atoms with Gasteiger partial charge in [-0.2, -0.15) is 0 Å². The van der Waals surface area contributed by atoms with E-state index in [9.17, 15) is 0 Å². The second-order valence-electron chi connectivity index (χ2n) is 6.12. The Balaban J connectivity index is 1.49. The molecule has 0 amide bonds. The Labute approximate surface area is 134 Å². The molecule has 0 radical (unpaired) electrons. The quantitative estimate of drug-likeness (QED) is 0.739. The van der Waals surface area contributed by atoms with Gasteiger partial charge in [0.05, 0.1) is 0 Å². The SMILES string of the molecule is C(=Cc1ccccc1)CC1CCCN1CCc1ccccc1. The van der Waals surface area contributed by atoms with Gasteiger partial charge in [-0.25, -0.2) is 0 Å². The predicted molar refractivity (Wildman–Crippen MR) is 94.8 cm³/mol. The molecule has 1 saturated heterocycles. The molecule has 1 fully saturated rings. The third-order valence-electron chi connectivity index (χ3n) is 4.55. The van der Waals surface area contributed by atoms with Gasteiger partial charge in [0.2, 0.25) is 0 Å². The van der Waals surface area contributed by atoms with Gasteiger partial charge in [0.25, 0.3) is 0 Å². The molecular weight excluding hydrogens is 266 g/mol. The molecule has 1 heterocycles. The molecule has 0 saturated carbocycles. The minimum absolute atomic E-state index is 0.726. The van der Waals surface area contributed by atoms with E-state index in [1.54, 1.807) is 0 Å². The van der Waals surface area contributed by atoms with Gasteiger partial charge in [-0.3, -0.25) is 4.90 Å². The number of nitrogens with zero attached hydrogens (tertiary/aromatic N) is 1. The predicted octanol–water partition coefficient (Wildman–Crippen LogP) is 4.80. The van der Waals surface area contributed by atoms with Crippen molar-refractivity contribution in [1.82, 2.24) is 4.90 Å². The van der Waals surface area contributed by atoms with Crippen LogP contribution in [0.3, 0.4) is 0 Å². The van der Waals surface area contributed by atoms with Crippen molar-refractivity contribution in [2.24, 2.45) is 0 Å². The Morgan fingerprint density at radius 3 is 2.45 bits per heavy atom. The van der Waals surface area contributed by atoms with Crippen molar-refractivity contribution in [2.45, 2.75) is 31.7 Å². The van der Waals surface area contributed by atoms with Gasteiger partial charge < -0.3 is 0 Å². The number of likely N-dealkylation sites (tertiary alicyclic amines) is 1. The van der Waals surface area contributed by atoms with E-state index in [-0.39, 0.29) is 0 Å². The molecular formula is C21H25N. The Hall–Kier alpha value is -1.86. The number of benzene rings is 2. The van der Waals surface area contributed by atoms with E-state index < -0.39 is 0 Å². The zero-order valence-electron chi connectivity index (χ0n) is 13.2. The maximum absolute atomic E-state index is 2.67. The molecule has 1 aliphatic heterocycles. The minimum Gasteiger partial charge on any atom is -0.300 e. The lowest BCUT2D eigenvalue weighted by atomic mass is 10.1. The molecule has 1 nitrogen and oxygen atoms in total. The van der Waals surface area contributed by atoms with Crippen LogP contribution in [0.5, 0.6) is 0 Å². The Morgan fingerprint density at radius 2 is 1.68 bits per heavy atom. The van der Waals surface area contributed by atoms with Crippen molar-refractivity contribution in [2.75, 3.05) is 13.1 Å². The summed E-state index contributed by atoms with van der Waals surface area (Å²) in [5.74, 6) is 0. The lowest BCUT2D eigenvalue weighted by Crippen LogP contribution is -2.30.